The molecule has 1 rings (SSSR count). The van der Waals surface area contributed by atoms with Crippen LogP contribution >= 0.6 is 0 Å². The fraction of sp³-hybridized carbons (Fsp3) is 0.400. The van der Waals surface area contributed by atoms with Crippen molar-refractivity contribution in [2.75, 3.05) is 12.1 Å². The minimum atomic E-state index is 0.0286. The quantitative estimate of drug-likeness (QED) is 0.581. The predicted molar refractivity (Wildman–Crippen MR) is 57.3 cm³/mol. The molecule has 1 heterocycles. The predicted octanol–water partition coefficient (Wildman–Crippen LogP) is 1.41. The van der Waals surface area contributed by atoms with Crippen LogP contribution in [0.3, 0.4) is 0 Å². The van der Waals surface area contributed by atoms with Gasteiger partial charge in [-0.05, 0) is 24.1 Å². The van der Waals surface area contributed by atoms with Gasteiger partial charge in [-0.25, -0.2) is 4.98 Å². The van der Waals surface area contributed by atoms with E-state index in [0.717, 1.165) is 17.8 Å². The summed E-state index contributed by atoms with van der Waals surface area (Å²) < 4.78 is 0. The Hall–Kier alpha value is -1.42. The maximum absolute atomic E-state index is 8.94. The molecule has 0 saturated carbocycles. The summed E-state index contributed by atoms with van der Waals surface area (Å²) in [5.41, 5.74) is 0.841. The molecule has 0 unspecified atom stereocenters. The van der Waals surface area contributed by atoms with E-state index in [2.05, 4.69) is 10.1 Å². The van der Waals surface area contributed by atoms with Gasteiger partial charge in [0.2, 0.25) is 0 Å². The van der Waals surface area contributed by atoms with Crippen LogP contribution in [0.1, 0.15) is 18.9 Å². The summed E-state index contributed by atoms with van der Waals surface area (Å²) in [6.07, 6.45) is 4.37. The van der Waals surface area contributed by atoms with Gasteiger partial charge in [-0.3, -0.25) is 5.01 Å². The van der Waals surface area contributed by atoms with Crippen molar-refractivity contribution < 1.29 is 5.11 Å². The molecule has 4 heteroatoms. The van der Waals surface area contributed by atoms with E-state index in [4.69, 9.17) is 5.11 Å². The highest BCUT2D eigenvalue weighted by atomic mass is 16.3. The first-order chi connectivity index (χ1) is 6.77. The second-order valence-electron chi connectivity index (χ2n) is 2.91. The number of rotatable bonds is 4. The van der Waals surface area contributed by atoms with E-state index in [1.807, 2.05) is 26.3 Å². The lowest BCUT2D eigenvalue weighted by Gasteiger charge is -2.11. The molecule has 0 fully saturated rings. The van der Waals surface area contributed by atoms with E-state index in [-0.39, 0.29) is 6.61 Å². The number of aliphatic hydroxyl groups excluding tert-OH is 1. The molecule has 0 radical (unpaired) electrons. The molecular formula is C10H15N3O. The van der Waals surface area contributed by atoms with Crippen LogP contribution in [0.25, 0.3) is 0 Å². The number of pyridine rings is 1. The molecule has 0 amide bonds. The number of anilines is 1. The third-order valence-corrected chi connectivity index (χ3v) is 1.76. The minimum Gasteiger partial charge on any atom is -0.392 e. The molecular weight excluding hydrogens is 178 g/mol. The summed E-state index contributed by atoms with van der Waals surface area (Å²) in [6.45, 7) is 2.05. The fourth-order valence-corrected chi connectivity index (χ4v) is 0.999. The highest BCUT2D eigenvalue weighted by Gasteiger charge is 1.99. The Bertz CT molecular complexity index is 312. The first-order valence-corrected chi connectivity index (χ1v) is 4.60. The van der Waals surface area contributed by atoms with Crippen LogP contribution in [0.4, 0.5) is 5.82 Å². The molecule has 4 nitrogen and oxygen atoms in total. The Kier molecular flexibility index (Phi) is 4.07. The molecule has 0 aliphatic heterocycles. The van der Waals surface area contributed by atoms with Gasteiger partial charge in [0.1, 0.15) is 5.82 Å². The van der Waals surface area contributed by atoms with Gasteiger partial charge in [-0.15, -0.1) is 0 Å². The van der Waals surface area contributed by atoms with E-state index in [9.17, 15) is 0 Å². The lowest BCUT2D eigenvalue weighted by molar-refractivity contribution is 0.281. The van der Waals surface area contributed by atoms with Crippen LogP contribution < -0.4 is 5.01 Å². The van der Waals surface area contributed by atoms with E-state index in [1.165, 1.54) is 0 Å². The normalized spacial score (nSPS) is 10.8. The number of hydrazone groups is 1. The van der Waals surface area contributed by atoms with Crippen molar-refractivity contribution in [1.29, 1.82) is 0 Å². The van der Waals surface area contributed by atoms with Crippen molar-refractivity contribution in [3.63, 3.8) is 0 Å². The highest BCUT2D eigenvalue weighted by Crippen LogP contribution is 2.10. The Morgan fingerprint density at radius 1 is 1.64 bits per heavy atom. The average molecular weight is 193 g/mol. The molecule has 0 aromatic carbocycles. The van der Waals surface area contributed by atoms with Gasteiger partial charge in [-0.1, -0.05) is 6.92 Å². The van der Waals surface area contributed by atoms with Gasteiger partial charge < -0.3 is 5.11 Å². The van der Waals surface area contributed by atoms with E-state index in [0.29, 0.717) is 0 Å². The molecule has 0 spiro atoms. The van der Waals surface area contributed by atoms with Gasteiger partial charge >= 0.3 is 0 Å². The van der Waals surface area contributed by atoms with Crippen molar-refractivity contribution in [1.82, 2.24) is 4.98 Å². The average Bonchev–Trinajstić information content (AvgIpc) is 2.26. The molecule has 0 aliphatic rings. The van der Waals surface area contributed by atoms with E-state index >= 15 is 0 Å². The van der Waals surface area contributed by atoms with E-state index in [1.54, 1.807) is 17.3 Å². The summed E-state index contributed by atoms with van der Waals surface area (Å²) in [6, 6.07) is 3.59. The molecule has 76 valence electrons. The number of aliphatic hydroxyl groups is 1. The van der Waals surface area contributed by atoms with Crippen LogP contribution in [0, 0.1) is 0 Å². The second-order valence-corrected chi connectivity index (χ2v) is 2.91. The maximum Gasteiger partial charge on any atom is 0.148 e. The summed E-state index contributed by atoms with van der Waals surface area (Å²) >= 11 is 0. The van der Waals surface area contributed by atoms with Gasteiger partial charge in [0, 0.05) is 19.5 Å². The zero-order chi connectivity index (χ0) is 10.4. The van der Waals surface area contributed by atoms with Crippen molar-refractivity contribution >= 4 is 12.0 Å². The molecule has 0 bridgehead atoms. The topological polar surface area (TPSA) is 48.7 Å². The van der Waals surface area contributed by atoms with Crippen LogP contribution in [0.2, 0.25) is 0 Å². The SMILES string of the molecule is CC/C=N\N(C)c1cc(CO)ccn1. The third-order valence-electron chi connectivity index (χ3n) is 1.76. The van der Waals surface area contributed by atoms with Crippen molar-refractivity contribution in [3.05, 3.63) is 23.9 Å². The monoisotopic (exact) mass is 193 g/mol. The van der Waals surface area contributed by atoms with Gasteiger partial charge in [0.05, 0.1) is 6.61 Å². The first kappa shape index (κ1) is 10.7. The minimum absolute atomic E-state index is 0.0286. The third kappa shape index (κ3) is 2.81. The Morgan fingerprint density at radius 2 is 2.43 bits per heavy atom. The maximum atomic E-state index is 8.94. The highest BCUT2D eigenvalue weighted by molar-refractivity contribution is 5.58. The molecule has 14 heavy (non-hydrogen) atoms. The number of aromatic nitrogens is 1. The lowest BCUT2D eigenvalue weighted by Crippen LogP contribution is -2.10. The molecule has 0 atom stereocenters. The Morgan fingerprint density at radius 3 is 3.07 bits per heavy atom. The number of hydrogen-bond donors (Lipinski definition) is 1. The molecule has 0 aliphatic carbocycles. The Labute approximate surface area is 83.9 Å². The van der Waals surface area contributed by atoms with Crippen LogP contribution in [-0.4, -0.2) is 23.4 Å². The van der Waals surface area contributed by atoms with Crippen LogP contribution in [-0.2, 0) is 6.61 Å². The molecule has 1 aromatic heterocycles. The zero-order valence-electron chi connectivity index (χ0n) is 8.51. The number of nitrogens with zero attached hydrogens (tertiary/aromatic N) is 3. The fourth-order valence-electron chi connectivity index (χ4n) is 0.999. The standard InChI is InChI=1S/C10H15N3O/c1-3-5-12-13(2)10-7-9(8-14)4-6-11-10/h4-7,14H,3,8H2,1-2H3/b12-5-. The van der Waals surface area contributed by atoms with Gasteiger partial charge in [-0.2, -0.15) is 5.10 Å². The van der Waals surface area contributed by atoms with Gasteiger partial charge in [0.25, 0.3) is 0 Å². The molecule has 0 saturated heterocycles. The first-order valence-electron chi connectivity index (χ1n) is 4.60. The summed E-state index contributed by atoms with van der Waals surface area (Å²) in [5.74, 6) is 0.737. The van der Waals surface area contributed by atoms with Crippen LogP contribution in [0.5, 0.6) is 0 Å². The van der Waals surface area contributed by atoms with E-state index < -0.39 is 0 Å². The van der Waals surface area contributed by atoms with Gasteiger partial charge in [0.15, 0.2) is 0 Å². The van der Waals surface area contributed by atoms with Crippen molar-refractivity contribution in [2.45, 2.75) is 20.0 Å². The Balaban J connectivity index is 2.78. The summed E-state index contributed by atoms with van der Waals surface area (Å²) in [5, 5.41) is 14.8. The zero-order valence-corrected chi connectivity index (χ0v) is 8.51. The number of hydrogen-bond acceptors (Lipinski definition) is 4. The molecule has 1 N–H and O–H groups in total. The smallest absolute Gasteiger partial charge is 0.148 e. The van der Waals surface area contributed by atoms with Crippen molar-refractivity contribution in [3.8, 4) is 0 Å². The van der Waals surface area contributed by atoms with Crippen LogP contribution in [0.15, 0.2) is 23.4 Å². The second kappa shape index (κ2) is 5.34. The lowest BCUT2D eigenvalue weighted by atomic mass is 10.3. The van der Waals surface area contributed by atoms with Crippen molar-refractivity contribution in [2.24, 2.45) is 5.10 Å². The molecule has 1 aromatic rings. The summed E-state index contributed by atoms with van der Waals surface area (Å²) in [4.78, 5) is 4.14. The largest absolute Gasteiger partial charge is 0.392 e. The summed E-state index contributed by atoms with van der Waals surface area (Å²) in [7, 11) is 1.83.